The predicted octanol–water partition coefficient (Wildman–Crippen LogP) is 2.95. The van der Waals surface area contributed by atoms with E-state index in [4.69, 9.17) is 0 Å². The second kappa shape index (κ2) is 3.83. The molecule has 94 valence electrons. The van der Waals surface area contributed by atoms with Crippen molar-refractivity contribution in [2.45, 2.75) is 33.1 Å². The molecule has 2 N–H and O–H groups in total. The molecule has 3 rings (SSSR count). The summed E-state index contributed by atoms with van der Waals surface area (Å²) in [5.74, 6) is 1.50. The van der Waals surface area contributed by atoms with E-state index >= 15 is 0 Å². The Morgan fingerprint density at radius 1 is 1.39 bits per heavy atom. The quantitative estimate of drug-likeness (QED) is 0.852. The molecule has 1 atom stereocenters. The molecular formula is C14H17N3O. The summed E-state index contributed by atoms with van der Waals surface area (Å²) in [7, 11) is 0. The number of carbonyl (C=O) groups is 1. The summed E-state index contributed by atoms with van der Waals surface area (Å²) in [6, 6.07) is 4.03. The molecule has 0 fully saturated rings. The Labute approximate surface area is 106 Å². The summed E-state index contributed by atoms with van der Waals surface area (Å²) in [5.41, 5.74) is 3.95. The number of nitrogens with zero attached hydrogens (tertiary/aromatic N) is 1. The van der Waals surface area contributed by atoms with Crippen LogP contribution in [0.25, 0.3) is 11.0 Å². The number of fused-ring (bicyclic) bond motifs is 2. The van der Waals surface area contributed by atoms with Gasteiger partial charge in [-0.25, -0.2) is 4.98 Å². The summed E-state index contributed by atoms with van der Waals surface area (Å²) in [4.78, 5) is 19.6. The first-order valence-electron chi connectivity index (χ1n) is 6.35. The molecule has 1 aliphatic rings. The first-order valence-corrected chi connectivity index (χ1v) is 6.35. The van der Waals surface area contributed by atoms with E-state index in [2.05, 4.69) is 35.2 Å². The molecule has 0 spiro atoms. The fourth-order valence-corrected chi connectivity index (χ4v) is 2.66. The monoisotopic (exact) mass is 243 g/mol. The standard InChI is InChI=1S/C14H17N3O/c1-7(2)4-10-9-5-12-13(16-8(3)15-12)6-11(9)17-14(10)18/h5-7,10H,4H2,1-3H3,(H,15,16)(H,17,18). The number of carbonyl (C=O) groups excluding carboxylic acids is 1. The van der Waals surface area contributed by atoms with E-state index in [0.717, 1.165) is 34.5 Å². The molecule has 1 aromatic heterocycles. The summed E-state index contributed by atoms with van der Waals surface area (Å²) in [5, 5.41) is 2.96. The molecule has 18 heavy (non-hydrogen) atoms. The molecule has 1 unspecified atom stereocenters. The molecule has 1 amide bonds. The van der Waals surface area contributed by atoms with E-state index < -0.39 is 0 Å². The number of H-pyrrole nitrogens is 1. The zero-order valence-electron chi connectivity index (χ0n) is 10.9. The van der Waals surface area contributed by atoms with E-state index in [9.17, 15) is 4.79 Å². The number of hydrogen-bond acceptors (Lipinski definition) is 2. The van der Waals surface area contributed by atoms with Crippen molar-refractivity contribution in [2.24, 2.45) is 5.92 Å². The van der Waals surface area contributed by atoms with Crippen molar-refractivity contribution in [2.75, 3.05) is 5.32 Å². The summed E-state index contributed by atoms with van der Waals surface area (Å²) in [6.07, 6.45) is 0.886. The van der Waals surface area contributed by atoms with E-state index in [1.54, 1.807) is 0 Å². The highest BCUT2D eigenvalue weighted by Gasteiger charge is 2.31. The number of imidazole rings is 1. The van der Waals surface area contributed by atoms with Crippen LogP contribution in [0.15, 0.2) is 12.1 Å². The molecule has 1 aromatic carbocycles. The summed E-state index contributed by atoms with van der Waals surface area (Å²) in [6.45, 7) is 6.23. The van der Waals surface area contributed by atoms with E-state index in [0.29, 0.717) is 5.92 Å². The molecular weight excluding hydrogens is 226 g/mol. The lowest BCUT2D eigenvalue weighted by Crippen LogP contribution is -2.13. The van der Waals surface area contributed by atoms with Crippen molar-refractivity contribution < 1.29 is 4.79 Å². The van der Waals surface area contributed by atoms with E-state index in [-0.39, 0.29) is 11.8 Å². The van der Waals surface area contributed by atoms with Crippen LogP contribution in [0.4, 0.5) is 5.69 Å². The van der Waals surface area contributed by atoms with Gasteiger partial charge in [-0.3, -0.25) is 4.79 Å². The van der Waals surface area contributed by atoms with Gasteiger partial charge in [0, 0.05) is 5.69 Å². The lowest BCUT2D eigenvalue weighted by Gasteiger charge is -2.11. The highest BCUT2D eigenvalue weighted by Crippen LogP contribution is 2.38. The number of benzene rings is 1. The molecule has 2 aromatic rings. The van der Waals surface area contributed by atoms with E-state index in [1.807, 2.05) is 13.0 Å². The topological polar surface area (TPSA) is 57.8 Å². The van der Waals surface area contributed by atoms with Crippen LogP contribution in [0.3, 0.4) is 0 Å². The Hall–Kier alpha value is -1.84. The summed E-state index contributed by atoms with van der Waals surface area (Å²) >= 11 is 0. The largest absolute Gasteiger partial charge is 0.342 e. The van der Waals surface area contributed by atoms with Gasteiger partial charge in [0.25, 0.3) is 0 Å². The molecule has 0 saturated carbocycles. The van der Waals surface area contributed by atoms with Crippen LogP contribution in [-0.2, 0) is 4.79 Å². The maximum Gasteiger partial charge on any atom is 0.232 e. The van der Waals surface area contributed by atoms with Crippen LogP contribution in [0.1, 0.15) is 37.6 Å². The maximum atomic E-state index is 12.0. The van der Waals surface area contributed by atoms with Gasteiger partial charge >= 0.3 is 0 Å². The van der Waals surface area contributed by atoms with Gasteiger partial charge in [0.2, 0.25) is 5.91 Å². The summed E-state index contributed by atoms with van der Waals surface area (Å²) < 4.78 is 0. The number of hydrogen-bond donors (Lipinski definition) is 2. The van der Waals surface area contributed by atoms with Gasteiger partial charge in [-0.2, -0.15) is 0 Å². The van der Waals surface area contributed by atoms with Crippen molar-refractivity contribution in [3.8, 4) is 0 Å². The van der Waals surface area contributed by atoms with Crippen LogP contribution in [0.5, 0.6) is 0 Å². The fourth-order valence-electron chi connectivity index (χ4n) is 2.66. The zero-order chi connectivity index (χ0) is 12.9. The van der Waals surface area contributed by atoms with Crippen molar-refractivity contribution in [1.82, 2.24) is 9.97 Å². The van der Waals surface area contributed by atoms with Crippen molar-refractivity contribution >= 4 is 22.6 Å². The van der Waals surface area contributed by atoms with Crippen LogP contribution < -0.4 is 5.32 Å². The maximum absolute atomic E-state index is 12.0. The Bertz CT molecular complexity index is 627. The highest BCUT2D eigenvalue weighted by atomic mass is 16.2. The molecule has 2 heterocycles. The molecule has 4 nitrogen and oxygen atoms in total. The number of aromatic amines is 1. The molecule has 1 aliphatic heterocycles. The zero-order valence-corrected chi connectivity index (χ0v) is 10.9. The second-order valence-electron chi connectivity index (χ2n) is 5.45. The van der Waals surface area contributed by atoms with Crippen LogP contribution >= 0.6 is 0 Å². The van der Waals surface area contributed by atoms with Gasteiger partial charge in [0.05, 0.1) is 17.0 Å². The molecule has 0 aliphatic carbocycles. The third-order valence-corrected chi connectivity index (χ3v) is 3.43. The number of aryl methyl sites for hydroxylation is 1. The first-order chi connectivity index (χ1) is 8.54. The van der Waals surface area contributed by atoms with Gasteiger partial charge in [-0.05, 0) is 37.0 Å². The van der Waals surface area contributed by atoms with E-state index in [1.165, 1.54) is 0 Å². The van der Waals surface area contributed by atoms with Gasteiger partial charge in [0.15, 0.2) is 0 Å². The lowest BCUT2D eigenvalue weighted by atomic mass is 9.91. The first kappa shape index (κ1) is 11.3. The average Bonchev–Trinajstić information content (AvgIpc) is 2.75. The number of rotatable bonds is 2. The van der Waals surface area contributed by atoms with Crippen molar-refractivity contribution in [3.63, 3.8) is 0 Å². The average molecular weight is 243 g/mol. The minimum atomic E-state index is -0.0204. The Balaban J connectivity index is 2.10. The molecule has 0 bridgehead atoms. The third kappa shape index (κ3) is 1.68. The Morgan fingerprint density at radius 2 is 2.17 bits per heavy atom. The third-order valence-electron chi connectivity index (χ3n) is 3.43. The minimum absolute atomic E-state index is 0.0204. The normalized spacial score (nSPS) is 18.4. The van der Waals surface area contributed by atoms with Crippen LogP contribution in [0, 0.1) is 12.8 Å². The highest BCUT2D eigenvalue weighted by molar-refractivity contribution is 6.05. The number of amides is 1. The van der Waals surface area contributed by atoms with Gasteiger partial charge < -0.3 is 10.3 Å². The van der Waals surface area contributed by atoms with Crippen LogP contribution in [0.2, 0.25) is 0 Å². The SMILES string of the molecule is Cc1nc2cc3c(cc2[nH]1)C(CC(C)C)C(=O)N3. The Morgan fingerprint density at radius 3 is 2.89 bits per heavy atom. The molecule has 0 saturated heterocycles. The Kier molecular flexibility index (Phi) is 2.40. The fraction of sp³-hybridized carbons (Fsp3) is 0.429. The minimum Gasteiger partial charge on any atom is -0.342 e. The smallest absolute Gasteiger partial charge is 0.232 e. The van der Waals surface area contributed by atoms with Gasteiger partial charge in [-0.1, -0.05) is 13.8 Å². The predicted molar refractivity (Wildman–Crippen MR) is 71.7 cm³/mol. The van der Waals surface area contributed by atoms with Gasteiger partial charge in [-0.15, -0.1) is 0 Å². The van der Waals surface area contributed by atoms with Gasteiger partial charge in [0.1, 0.15) is 5.82 Å². The number of aromatic nitrogens is 2. The van der Waals surface area contributed by atoms with Crippen LogP contribution in [-0.4, -0.2) is 15.9 Å². The molecule has 4 heteroatoms. The number of anilines is 1. The lowest BCUT2D eigenvalue weighted by molar-refractivity contribution is -0.117. The second-order valence-corrected chi connectivity index (χ2v) is 5.45. The molecule has 0 radical (unpaired) electrons. The van der Waals surface area contributed by atoms with Crippen molar-refractivity contribution in [3.05, 3.63) is 23.5 Å². The number of nitrogens with one attached hydrogen (secondary N) is 2. The van der Waals surface area contributed by atoms with Crippen molar-refractivity contribution in [1.29, 1.82) is 0 Å².